The van der Waals surface area contributed by atoms with E-state index in [4.69, 9.17) is 0 Å². The van der Waals surface area contributed by atoms with E-state index in [1.807, 2.05) is 0 Å². The number of piperidine rings is 1. The van der Waals surface area contributed by atoms with Crippen molar-refractivity contribution in [2.45, 2.75) is 56.9 Å². The minimum absolute atomic E-state index is 0.0761. The van der Waals surface area contributed by atoms with Crippen molar-refractivity contribution < 1.29 is 9.18 Å². The maximum absolute atomic E-state index is 13.5. The zero-order valence-corrected chi connectivity index (χ0v) is 17.5. The molecule has 0 bridgehead atoms. The van der Waals surface area contributed by atoms with E-state index < -0.39 is 0 Å². The smallest absolute Gasteiger partial charge is 0.255 e. The topological polar surface area (TPSA) is 57.3 Å². The van der Waals surface area contributed by atoms with Crippen molar-refractivity contribution >= 4 is 17.4 Å². The molecule has 1 aromatic heterocycles. The van der Waals surface area contributed by atoms with Crippen molar-refractivity contribution in [1.29, 1.82) is 0 Å². The Morgan fingerprint density at radius 1 is 1.03 bits per heavy atom. The predicted octanol–water partition coefficient (Wildman–Crippen LogP) is 4.88. The molecule has 30 heavy (non-hydrogen) atoms. The highest BCUT2D eigenvalue weighted by atomic mass is 19.1. The Labute approximate surface area is 178 Å². The van der Waals surface area contributed by atoms with E-state index in [1.54, 1.807) is 30.5 Å². The van der Waals surface area contributed by atoms with E-state index in [0.717, 1.165) is 25.9 Å². The van der Waals surface area contributed by atoms with Crippen molar-refractivity contribution in [3.05, 3.63) is 54.0 Å². The van der Waals surface area contributed by atoms with Crippen LogP contribution in [0.2, 0.25) is 0 Å². The average Bonchev–Trinajstić information content (AvgIpc) is 2.79. The lowest BCUT2D eigenvalue weighted by molar-refractivity contribution is 0.0327. The van der Waals surface area contributed by atoms with Gasteiger partial charge in [-0.25, -0.2) is 9.37 Å². The lowest BCUT2D eigenvalue weighted by Gasteiger charge is -2.48. The maximum Gasteiger partial charge on any atom is 0.255 e. The number of nitrogens with zero attached hydrogens (tertiary/aromatic N) is 2. The van der Waals surface area contributed by atoms with E-state index in [1.165, 1.54) is 50.7 Å². The molecular weight excluding hydrogens is 379 g/mol. The van der Waals surface area contributed by atoms with Crippen molar-refractivity contribution in [3.63, 3.8) is 0 Å². The normalized spacial score (nSPS) is 19.2. The van der Waals surface area contributed by atoms with Crippen molar-refractivity contribution in [2.24, 2.45) is 0 Å². The fraction of sp³-hybridized carbons (Fsp3) is 0.500. The first-order chi connectivity index (χ1) is 14.7. The Hall–Kier alpha value is -2.47. The Balaban J connectivity index is 1.48. The Morgan fingerprint density at radius 3 is 2.57 bits per heavy atom. The molecular formula is C24H31FN4O. The first kappa shape index (κ1) is 20.8. The Morgan fingerprint density at radius 2 is 1.80 bits per heavy atom. The van der Waals surface area contributed by atoms with Crippen LogP contribution in [0.4, 0.5) is 15.9 Å². The summed E-state index contributed by atoms with van der Waals surface area (Å²) in [5.74, 6) is -0.0251. The first-order valence-electron chi connectivity index (χ1n) is 11.2. The van der Waals surface area contributed by atoms with E-state index in [9.17, 15) is 9.18 Å². The van der Waals surface area contributed by atoms with Crippen LogP contribution in [0.15, 0.2) is 42.6 Å². The van der Waals surface area contributed by atoms with Gasteiger partial charge in [-0.2, -0.15) is 0 Å². The molecule has 2 aliphatic rings. The number of rotatable bonds is 6. The number of aromatic nitrogens is 1. The highest BCUT2D eigenvalue weighted by Crippen LogP contribution is 2.35. The largest absolute Gasteiger partial charge is 0.350 e. The molecule has 2 N–H and O–H groups in total. The molecule has 0 radical (unpaired) electrons. The summed E-state index contributed by atoms with van der Waals surface area (Å²) in [4.78, 5) is 20.1. The monoisotopic (exact) mass is 410 g/mol. The molecule has 1 aliphatic carbocycles. The third-order valence-corrected chi connectivity index (χ3v) is 6.53. The molecule has 0 spiro atoms. The van der Waals surface area contributed by atoms with Crippen molar-refractivity contribution in [2.75, 3.05) is 25.0 Å². The standard InChI is InChI=1S/C24H31FN4O/c25-19-9-7-10-20(17-19)28-22-21(11-8-14-26-22)23(30)27-18-24(12-3-1-4-13-24)29-15-5-2-6-16-29/h7-11,14,17H,1-6,12-13,15-16,18H2,(H,26,28)(H,27,30). The summed E-state index contributed by atoms with van der Waals surface area (Å²) in [6.07, 6.45) is 11.5. The van der Waals surface area contributed by atoms with Gasteiger partial charge >= 0.3 is 0 Å². The van der Waals surface area contributed by atoms with Gasteiger partial charge in [-0.3, -0.25) is 9.69 Å². The van der Waals surface area contributed by atoms with Gasteiger partial charge in [0.1, 0.15) is 11.6 Å². The van der Waals surface area contributed by atoms with Crippen molar-refractivity contribution in [3.8, 4) is 0 Å². The van der Waals surface area contributed by atoms with Gasteiger partial charge in [0.25, 0.3) is 5.91 Å². The van der Waals surface area contributed by atoms with Crippen LogP contribution in [0, 0.1) is 5.82 Å². The second kappa shape index (κ2) is 9.56. The number of carbonyl (C=O) groups excluding carboxylic acids is 1. The molecule has 1 aromatic carbocycles. The van der Waals surface area contributed by atoms with Crippen LogP contribution in [0.25, 0.3) is 0 Å². The van der Waals surface area contributed by atoms with E-state index in [-0.39, 0.29) is 17.3 Å². The van der Waals surface area contributed by atoms with Gasteiger partial charge in [-0.05, 0) is 69.1 Å². The Kier molecular flexibility index (Phi) is 6.62. The molecule has 2 aromatic rings. The number of amides is 1. The molecule has 1 aliphatic heterocycles. The number of hydrogen-bond acceptors (Lipinski definition) is 4. The van der Waals surface area contributed by atoms with Crippen LogP contribution in [0.3, 0.4) is 0 Å². The number of likely N-dealkylation sites (tertiary alicyclic amines) is 1. The van der Waals surface area contributed by atoms with Crippen LogP contribution in [0.1, 0.15) is 61.7 Å². The number of benzene rings is 1. The number of anilines is 2. The van der Waals surface area contributed by atoms with Gasteiger partial charge in [-0.15, -0.1) is 0 Å². The number of hydrogen-bond donors (Lipinski definition) is 2. The second-order valence-electron chi connectivity index (χ2n) is 8.55. The van der Waals surface area contributed by atoms with Crippen LogP contribution in [-0.4, -0.2) is 41.0 Å². The highest BCUT2D eigenvalue weighted by molar-refractivity contribution is 5.99. The van der Waals surface area contributed by atoms with E-state index >= 15 is 0 Å². The first-order valence-corrected chi connectivity index (χ1v) is 11.2. The van der Waals surface area contributed by atoms with Gasteiger partial charge in [0.15, 0.2) is 0 Å². The zero-order chi connectivity index (χ0) is 20.8. The minimum atomic E-state index is -0.331. The summed E-state index contributed by atoms with van der Waals surface area (Å²) in [6.45, 7) is 2.93. The van der Waals surface area contributed by atoms with Gasteiger partial charge in [0.2, 0.25) is 0 Å². The van der Waals surface area contributed by atoms with Crippen molar-refractivity contribution in [1.82, 2.24) is 15.2 Å². The molecule has 4 rings (SSSR count). The zero-order valence-electron chi connectivity index (χ0n) is 17.5. The van der Waals surface area contributed by atoms with Gasteiger partial charge in [0, 0.05) is 24.0 Å². The molecule has 1 amide bonds. The summed E-state index contributed by atoms with van der Waals surface area (Å²) in [6, 6.07) is 9.69. The number of pyridine rings is 1. The third kappa shape index (κ3) is 4.81. The quantitative estimate of drug-likeness (QED) is 0.712. The summed E-state index contributed by atoms with van der Waals surface area (Å²) < 4.78 is 13.5. The van der Waals surface area contributed by atoms with Crippen LogP contribution in [-0.2, 0) is 0 Å². The lowest BCUT2D eigenvalue weighted by Crippen LogP contribution is -2.58. The fourth-order valence-corrected chi connectivity index (χ4v) is 4.91. The molecule has 2 fully saturated rings. The van der Waals surface area contributed by atoms with Gasteiger partial charge in [0.05, 0.1) is 5.56 Å². The van der Waals surface area contributed by atoms with Gasteiger partial charge < -0.3 is 10.6 Å². The fourth-order valence-electron chi connectivity index (χ4n) is 4.91. The third-order valence-electron chi connectivity index (χ3n) is 6.53. The van der Waals surface area contributed by atoms with Crippen LogP contribution >= 0.6 is 0 Å². The second-order valence-corrected chi connectivity index (χ2v) is 8.55. The average molecular weight is 411 g/mol. The maximum atomic E-state index is 13.5. The summed E-state index contributed by atoms with van der Waals surface area (Å²) in [5.41, 5.74) is 1.12. The summed E-state index contributed by atoms with van der Waals surface area (Å²) in [5, 5.41) is 6.29. The molecule has 1 saturated heterocycles. The predicted molar refractivity (Wildman–Crippen MR) is 117 cm³/mol. The molecule has 0 atom stereocenters. The molecule has 5 nitrogen and oxygen atoms in total. The number of halogens is 1. The minimum Gasteiger partial charge on any atom is -0.350 e. The number of nitrogens with one attached hydrogen (secondary N) is 2. The lowest BCUT2D eigenvalue weighted by atomic mass is 9.79. The van der Waals surface area contributed by atoms with Gasteiger partial charge in [-0.1, -0.05) is 31.7 Å². The summed E-state index contributed by atoms with van der Waals surface area (Å²) >= 11 is 0. The molecule has 160 valence electrons. The molecule has 2 heterocycles. The Bertz CT molecular complexity index is 860. The highest BCUT2D eigenvalue weighted by Gasteiger charge is 2.38. The molecule has 0 unspecified atom stereocenters. The molecule has 1 saturated carbocycles. The van der Waals surface area contributed by atoms with Crippen LogP contribution < -0.4 is 10.6 Å². The molecule has 6 heteroatoms. The van der Waals surface area contributed by atoms with E-state index in [0.29, 0.717) is 23.6 Å². The SMILES string of the molecule is O=C(NCC1(N2CCCCC2)CCCCC1)c1cccnc1Nc1cccc(F)c1. The van der Waals surface area contributed by atoms with Crippen LogP contribution in [0.5, 0.6) is 0 Å². The summed E-state index contributed by atoms with van der Waals surface area (Å²) in [7, 11) is 0. The van der Waals surface area contributed by atoms with E-state index in [2.05, 4.69) is 20.5 Å². The number of carbonyl (C=O) groups is 1.